The molecule has 2 atom stereocenters. The molecule has 0 spiro atoms. The highest BCUT2D eigenvalue weighted by atomic mass is 16.6. The van der Waals surface area contributed by atoms with Gasteiger partial charge in [0.05, 0.1) is 0 Å². The third kappa shape index (κ3) is 7.97. The van der Waals surface area contributed by atoms with Gasteiger partial charge in [-0.2, -0.15) is 0 Å². The molecule has 0 bridgehead atoms. The molecule has 0 aliphatic carbocycles. The van der Waals surface area contributed by atoms with Gasteiger partial charge >= 0.3 is 12.1 Å². The standard InChI is InChI=1S/C23H27NO6/c1-17(20-12-7-4-8-13-20)29-22(21(14-9-15-25)30-18(2)26)24-23(27)28-16-19-10-5-3-6-11-19/h3-8,10-13,21-22,25H,1,9,14-16H2,2H3,(H,24,27)/t21-,22-/m0/s1. The second kappa shape index (κ2) is 12.3. The SMILES string of the molecule is C=C(O[C@H](NC(=O)OCc1ccccc1)[C@H](CCCO)OC(C)=O)c1ccccc1. The number of ether oxygens (including phenoxy) is 3. The first kappa shape index (κ1) is 23.0. The van der Waals surface area contributed by atoms with Gasteiger partial charge in [-0.25, -0.2) is 4.79 Å². The summed E-state index contributed by atoms with van der Waals surface area (Å²) in [7, 11) is 0. The molecule has 0 aliphatic heterocycles. The summed E-state index contributed by atoms with van der Waals surface area (Å²) in [4.78, 5) is 23.9. The molecule has 30 heavy (non-hydrogen) atoms. The van der Waals surface area contributed by atoms with Crippen molar-refractivity contribution in [3.8, 4) is 0 Å². The number of esters is 1. The summed E-state index contributed by atoms with van der Waals surface area (Å²) < 4.78 is 16.4. The zero-order valence-electron chi connectivity index (χ0n) is 17.0. The Hall–Kier alpha value is -3.32. The molecule has 7 heteroatoms. The number of amides is 1. The van der Waals surface area contributed by atoms with Crippen molar-refractivity contribution in [2.45, 2.75) is 38.7 Å². The van der Waals surface area contributed by atoms with E-state index in [4.69, 9.17) is 14.2 Å². The number of aliphatic hydroxyl groups is 1. The lowest BCUT2D eigenvalue weighted by Gasteiger charge is -2.28. The highest BCUT2D eigenvalue weighted by molar-refractivity contribution is 5.68. The first-order valence-corrected chi connectivity index (χ1v) is 9.66. The lowest BCUT2D eigenvalue weighted by molar-refractivity contribution is -0.153. The van der Waals surface area contributed by atoms with Gasteiger partial charge in [0.2, 0.25) is 6.23 Å². The van der Waals surface area contributed by atoms with E-state index in [0.717, 1.165) is 5.56 Å². The molecule has 0 heterocycles. The van der Waals surface area contributed by atoms with Gasteiger partial charge in [-0.3, -0.25) is 10.1 Å². The topological polar surface area (TPSA) is 94.1 Å². The van der Waals surface area contributed by atoms with Gasteiger partial charge in [-0.15, -0.1) is 0 Å². The Balaban J connectivity index is 2.10. The van der Waals surface area contributed by atoms with Gasteiger partial charge in [-0.1, -0.05) is 67.2 Å². The van der Waals surface area contributed by atoms with Gasteiger partial charge in [-0.05, 0) is 18.4 Å². The van der Waals surface area contributed by atoms with Crippen molar-refractivity contribution >= 4 is 17.8 Å². The Kier molecular flexibility index (Phi) is 9.40. The lowest BCUT2D eigenvalue weighted by atomic mass is 10.1. The molecule has 160 valence electrons. The number of carbonyl (C=O) groups excluding carboxylic acids is 2. The van der Waals surface area contributed by atoms with Gasteiger partial charge in [0.25, 0.3) is 0 Å². The van der Waals surface area contributed by atoms with E-state index in [-0.39, 0.29) is 19.6 Å². The molecular formula is C23H27NO6. The number of alkyl carbamates (subject to hydrolysis) is 1. The van der Waals surface area contributed by atoms with E-state index in [1.54, 1.807) is 0 Å². The van der Waals surface area contributed by atoms with Crippen LogP contribution in [0.25, 0.3) is 5.76 Å². The minimum Gasteiger partial charge on any atom is -0.467 e. The average molecular weight is 413 g/mol. The van der Waals surface area contributed by atoms with Crippen LogP contribution in [-0.4, -0.2) is 36.1 Å². The van der Waals surface area contributed by atoms with Crippen LogP contribution in [0.5, 0.6) is 0 Å². The maximum Gasteiger partial charge on any atom is 0.410 e. The third-order valence-electron chi connectivity index (χ3n) is 4.14. The van der Waals surface area contributed by atoms with E-state index < -0.39 is 24.4 Å². The van der Waals surface area contributed by atoms with Crippen molar-refractivity contribution in [2.75, 3.05) is 6.61 Å². The lowest BCUT2D eigenvalue weighted by Crippen LogP contribution is -2.47. The molecule has 2 aromatic rings. The van der Waals surface area contributed by atoms with Crippen molar-refractivity contribution in [1.29, 1.82) is 0 Å². The van der Waals surface area contributed by atoms with Gasteiger partial charge < -0.3 is 19.3 Å². The fourth-order valence-electron chi connectivity index (χ4n) is 2.70. The van der Waals surface area contributed by atoms with Gasteiger partial charge in [0.15, 0.2) is 6.10 Å². The number of hydrogen-bond donors (Lipinski definition) is 2. The Morgan fingerprint density at radius 2 is 1.67 bits per heavy atom. The fraction of sp³-hybridized carbons (Fsp3) is 0.304. The fourth-order valence-corrected chi connectivity index (χ4v) is 2.70. The van der Waals surface area contributed by atoms with E-state index in [0.29, 0.717) is 17.7 Å². The number of rotatable bonds is 11. The van der Waals surface area contributed by atoms with Crippen LogP contribution in [0.4, 0.5) is 4.79 Å². The Labute approximate surface area is 176 Å². The maximum atomic E-state index is 12.4. The van der Waals surface area contributed by atoms with Crippen LogP contribution >= 0.6 is 0 Å². The molecule has 0 aliphatic rings. The number of nitrogens with one attached hydrogen (secondary N) is 1. The molecule has 2 N–H and O–H groups in total. The van der Waals surface area contributed by atoms with Gasteiger partial charge in [0, 0.05) is 19.1 Å². The molecule has 0 fully saturated rings. The Morgan fingerprint density at radius 3 is 2.27 bits per heavy atom. The highest BCUT2D eigenvalue weighted by Crippen LogP contribution is 2.19. The number of benzene rings is 2. The molecule has 0 saturated heterocycles. The van der Waals surface area contributed by atoms with Crippen LogP contribution < -0.4 is 5.32 Å². The predicted molar refractivity (Wildman–Crippen MR) is 112 cm³/mol. The molecule has 1 amide bonds. The number of hydrogen-bond acceptors (Lipinski definition) is 6. The molecular weight excluding hydrogens is 386 g/mol. The molecule has 0 saturated carbocycles. The quantitative estimate of drug-likeness (QED) is 0.332. The number of carbonyl (C=O) groups is 2. The van der Waals surface area contributed by atoms with Crippen molar-refractivity contribution in [3.63, 3.8) is 0 Å². The third-order valence-corrected chi connectivity index (χ3v) is 4.14. The summed E-state index contributed by atoms with van der Waals surface area (Å²) in [5.41, 5.74) is 1.54. The zero-order valence-corrected chi connectivity index (χ0v) is 17.0. The monoisotopic (exact) mass is 413 g/mol. The molecule has 7 nitrogen and oxygen atoms in total. The average Bonchev–Trinajstić information content (AvgIpc) is 2.75. The molecule has 0 aromatic heterocycles. The van der Waals surface area contributed by atoms with Crippen LogP contribution in [0, 0.1) is 0 Å². The second-order valence-electron chi connectivity index (χ2n) is 6.55. The normalized spacial score (nSPS) is 12.3. The molecule has 2 rings (SSSR count). The first-order valence-electron chi connectivity index (χ1n) is 9.66. The largest absolute Gasteiger partial charge is 0.467 e. The Morgan fingerprint density at radius 1 is 1.03 bits per heavy atom. The summed E-state index contributed by atoms with van der Waals surface area (Å²) in [6.07, 6.45) is -1.97. The van der Waals surface area contributed by atoms with E-state index in [1.165, 1.54) is 6.92 Å². The van der Waals surface area contributed by atoms with Crippen LogP contribution in [0.15, 0.2) is 67.2 Å². The zero-order chi connectivity index (χ0) is 21.8. The van der Waals surface area contributed by atoms with Crippen molar-refractivity contribution in [1.82, 2.24) is 5.32 Å². The van der Waals surface area contributed by atoms with Crippen molar-refractivity contribution in [2.24, 2.45) is 0 Å². The second-order valence-corrected chi connectivity index (χ2v) is 6.55. The first-order chi connectivity index (χ1) is 14.5. The molecule has 2 aromatic carbocycles. The summed E-state index contributed by atoms with van der Waals surface area (Å²) in [5.74, 6) is -0.235. The van der Waals surface area contributed by atoms with E-state index in [2.05, 4.69) is 11.9 Å². The summed E-state index contributed by atoms with van der Waals surface area (Å²) in [5, 5.41) is 11.8. The van der Waals surface area contributed by atoms with Crippen LogP contribution in [-0.2, 0) is 25.6 Å². The minimum atomic E-state index is -1.04. The highest BCUT2D eigenvalue weighted by Gasteiger charge is 2.29. The summed E-state index contributed by atoms with van der Waals surface area (Å²) >= 11 is 0. The predicted octanol–water partition coefficient (Wildman–Crippen LogP) is 3.63. The van der Waals surface area contributed by atoms with Crippen LogP contribution in [0.1, 0.15) is 30.9 Å². The van der Waals surface area contributed by atoms with E-state index >= 15 is 0 Å². The van der Waals surface area contributed by atoms with Crippen molar-refractivity contribution < 1.29 is 28.9 Å². The van der Waals surface area contributed by atoms with Crippen LogP contribution in [0.2, 0.25) is 0 Å². The Bertz CT molecular complexity index is 809. The van der Waals surface area contributed by atoms with E-state index in [9.17, 15) is 14.7 Å². The molecule has 0 unspecified atom stereocenters. The minimum absolute atomic E-state index is 0.0773. The molecule has 0 radical (unpaired) electrons. The summed E-state index contributed by atoms with van der Waals surface area (Å²) in [6.45, 7) is 5.15. The van der Waals surface area contributed by atoms with E-state index in [1.807, 2.05) is 60.7 Å². The smallest absolute Gasteiger partial charge is 0.410 e. The number of aliphatic hydroxyl groups excluding tert-OH is 1. The summed E-state index contributed by atoms with van der Waals surface area (Å²) in [6, 6.07) is 18.4. The van der Waals surface area contributed by atoms with Crippen molar-refractivity contribution in [3.05, 3.63) is 78.4 Å². The van der Waals surface area contributed by atoms with Gasteiger partial charge in [0.1, 0.15) is 12.4 Å². The maximum absolute atomic E-state index is 12.4. The van der Waals surface area contributed by atoms with Crippen LogP contribution in [0.3, 0.4) is 0 Å².